The average Bonchev–Trinajstić information content (AvgIpc) is 2.68. The summed E-state index contributed by atoms with van der Waals surface area (Å²) in [4.78, 5) is 4.32. The number of aromatic nitrogens is 3. The van der Waals surface area contributed by atoms with Gasteiger partial charge in [0.2, 0.25) is 5.88 Å². The highest BCUT2D eigenvalue weighted by atomic mass is 35.5. The van der Waals surface area contributed by atoms with Crippen LogP contribution in [0.3, 0.4) is 0 Å². The first-order valence-corrected chi connectivity index (χ1v) is 5.43. The van der Waals surface area contributed by atoms with E-state index in [4.69, 9.17) is 11.6 Å². The van der Waals surface area contributed by atoms with Crippen LogP contribution in [0.2, 0.25) is 5.15 Å². The van der Waals surface area contributed by atoms with Crippen LogP contribution in [0.25, 0.3) is 16.9 Å². The zero-order chi connectivity index (χ0) is 11.8. The summed E-state index contributed by atoms with van der Waals surface area (Å²) < 4.78 is 1.32. The third-order valence-electron chi connectivity index (χ3n) is 2.47. The van der Waals surface area contributed by atoms with Crippen LogP contribution >= 0.6 is 11.6 Å². The van der Waals surface area contributed by atoms with Crippen molar-refractivity contribution in [3.63, 3.8) is 0 Å². The largest absolute Gasteiger partial charge is 0.492 e. The Morgan fingerprint density at radius 1 is 1.06 bits per heavy atom. The number of hydrogen-bond donors (Lipinski definition) is 1. The van der Waals surface area contributed by atoms with E-state index in [0.717, 1.165) is 5.56 Å². The molecular formula is C12H8ClN3O. The van der Waals surface area contributed by atoms with Crippen molar-refractivity contribution in [2.45, 2.75) is 0 Å². The quantitative estimate of drug-likeness (QED) is 0.717. The van der Waals surface area contributed by atoms with Crippen LogP contribution in [0.1, 0.15) is 0 Å². The molecule has 3 rings (SSSR count). The second-order valence-electron chi connectivity index (χ2n) is 3.58. The number of benzene rings is 1. The molecule has 3 aromatic rings. The Kier molecular flexibility index (Phi) is 2.23. The summed E-state index contributed by atoms with van der Waals surface area (Å²) in [7, 11) is 0. The molecule has 5 heteroatoms. The number of nitrogens with zero attached hydrogens (tertiary/aromatic N) is 3. The summed E-state index contributed by atoms with van der Waals surface area (Å²) >= 11 is 5.78. The summed E-state index contributed by atoms with van der Waals surface area (Å²) in [5, 5.41) is 14.3. The van der Waals surface area contributed by atoms with E-state index in [1.807, 2.05) is 30.3 Å². The van der Waals surface area contributed by atoms with Crippen molar-refractivity contribution in [1.29, 1.82) is 0 Å². The minimum absolute atomic E-state index is 0.00583. The van der Waals surface area contributed by atoms with E-state index in [9.17, 15) is 5.11 Å². The van der Waals surface area contributed by atoms with Crippen LogP contribution in [0.15, 0.2) is 42.5 Å². The van der Waals surface area contributed by atoms with Crippen LogP contribution in [-0.2, 0) is 0 Å². The van der Waals surface area contributed by atoms with Crippen LogP contribution < -0.4 is 0 Å². The van der Waals surface area contributed by atoms with Crippen LogP contribution in [0, 0.1) is 0 Å². The lowest BCUT2D eigenvalue weighted by atomic mass is 10.2. The van der Waals surface area contributed by atoms with Crippen LogP contribution in [-0.4, -0.2) is 19.7 Å². The van der Waals surface area contributed by atoms with Crippen molar-refractivity contribution in [2.24, 2.45) is 0 Å². The molecule has 0 amide bonds. The Morgan fingerprint density at radius 3 is 2.59 bits per heavy atom. The van der Waals surface area contributed by atoms with E-state index in [0.29, 0.717) is 16.5 Å². The number of imidazole rings is 1. The van der Waals surface area contributed by atoms with Gasteiger partial charge in [-0.15, -0.1) is 0 Å². The van der Waals surface area contributed by atoms with Crippen molar-refractivity contribution in [3.8, 4) is 17.1 Å². The van der Waals surface area contributed by atoms with E-state index < -0.39 is 0 Å². The van der Waals surface area contributed by atoms with E-state index in [2.05, 4.69) is 10.1 Å². The van der Waals surface area contributed by atoms with Gasteiger partial charge < -0.3 is 5.11 Å². The van der Waals surface area contributed by atoms with Gasteiger partial charge in [-0.05, 0) is 12.1 Å². The van der Waals surface area contributed by atoms with Gasteiger partial charge in [0.05, 0.1) is 0 Å². The Labute approximate surface area is 102 Å². The molecule has 0 atom stereocenters. The molecule has 0 spiro atoms. The lowest BCUT2D eigenvalue weighted by Crippen LogP contribution is -1.90. The molecule has 0 unspecified atom stereocenters. The first kappa shape index (κ1) is 10.1. The first-order chi connectivity index (χ1) is 8.25. The van der Waals surface area contributed by atoms with Gasteiger partial charge in [0.15, 0.2) is 5.65 Å². The fourth-order valence-electron chi connectivity index (χ4n) is 1.69. The second-order valence-corrected chi connectivity index (χ2v) is 3.96. The number of rotatable bonds is 1. The summed E-state index contributed by atoms with van der Waals surface area (Å²) in [5.74, 6) is -0.00583. The van der Waals surface area contributed by atoms with E-state index in [-0.39, 0.29) is 5.88 Å². The molecule has 2 heterocycles. The second kappa shape index (κ2) is 3.75. The Balaban J connectivity index is 2.28. The standard InChI is InChI=1S/C12H8ClN3O/c13-9-6-7-10-14-11(12(17)16(10)15-9)8-4-2-1-3-5-8/h1-7,17H. The van der Waals surface area contributed by atoms with Crippen molar-refractivity contribution >= 4 is 17.2 Å². The van der Waals surface area contributed by atoms with Crippen LogP contribution in [0.4, 0.5) is 0 Å². The monoisotopic (exact) mass is 245 g/mol. The highest BCUT2D eigenvalue weighted by Gasteiger charge is 2.13. The van der Waals surface area contributed by atoms with E-state index in [1.165, 1.54) is 4.52 Å². The van der Waals surface area contributed by atoms with Gasteiger partial charge in [-0.25, -0.2) is 4.98 Å². The maximum Gasteiger partial charge on any atom is 0.241 e. The lowest BCUT2D eigenvalue weighted by molar-refractivity contribution is 0.441. The summed E-state index contributed by atoms with van der Waals surface area (Å²) in [6, 6.07) is 12.8. The predicted octanol–water partition coefficient (Wildman–Crippen LogP) is 2.76. The molecule has 1 aromatic carbocycles. The highest BCUT2D eigenvalue weighted by Crippen LogP contribution is 2.28. The van der Waals surface area contributed by atoms with Crippen molar-refractivity contribution in [1.82, 2.24) is 14.6 Å². The molecular weight excluding hydrogens is 238 g/mol. The SMILES string of the molecule is Oc1c(-c2ccccc2)nc2ccc(Cl)nn12. The molecule has 1 N–H and O–H groups in total. The summed E-state index contributed by atoms with van der Waals surface area (Å²) in [5.41, 5.74) is 1.90. The van der Waals surface area contributed by atoms with Gasteiger partial charge in [-0.1, -0.05) is 41.9 Å². The van der Waals surface area contributed by atoms with Gasteiger partial charge in [-0.2, -0.15) is 9.61 Å². The normalized spacial score (nSPS) is 10.9. The fourth-order valence-corrected chi connectivity index (χ4v) is 1.83. The molecule has 0 saturated heterocycles. The average molecular weight is 246 g/mol. The number of hydrogen-bond acceptors (Lipinski definition) is 3. The topological polar surface area (TPSA) is 50.4 Å². The predicted molar refractivity (Wildman–Crippen MR) is 65.1 cm³/mol. The van der Waals surface area contributed by atoms with Gasteiger partial charge in [-0.3, -0.25) is 0 Å². The smallest absolute Gasteiger partial charge is 0.241 e. The molecule has 0 fully saturated rings. The van der Waals surface area contributed by atoms with Gasteiger partial charge in [0.25, 0.3) is 0 Å². The molecule has 2 aromatic heterocycles. The molecule has 0 aliphatic rings. The molecule has 4 nitrogen and oxygen atoms in total. The molecule has 0 aliphatic heterocycles. The van der Waals surface area contributed by atoms with Gasteiger partial charge in [0.1, 0.15) is 10.8 Å². The zero-order valence-corrected chi connectivity index (χ0v) is 9.46. The molecule has 17 heavy (non-hydrogen) atoms. The zero-order valence-electron chi connectivity index (χ0n) is 8.71. The molecule has 0 radical (unpaired) electrons. The third kappa shape index (κ3) is 1.62. The first-order valence-electron chi connectivity index (χ1n) is 5.05. The van der Waals surface area contributed by atoms with E-state index >= 15 is 0 Å². The lowest BCUT2D eigenvalue weighted by Gasteiger charge is -1.96. The number of halogens is 1. The summed E-state index contributed by atoms with van der Waals surface area (Å²) in [6.07, 6.45) is 0. The van der Waals surface area contributed by atoms with E-state index in [1.54, 1.807) is 12.1 Å². The van der Waals surface area contributed by atoms with Crippen molar-refractivity contribution in [3.05, 3.63) is 47.6 Å². The summed E-state index contributed by atoms with van der Waals surface area (Å²) in [6.45, 7) is 0. The highest BCUT2D eigenvalue weighted by molar-refractivity contribution is 6.29. The van der Waals surface area contributed by atoms with Crippen molar-refractivity contribution in [2.75, 3.05) is 0 Å². The number of aromatic hydroxyl groups is 1. The number of fused-ring (bicyclic) bond motifs is 1. The Morgan fingerprint density at radius 2 is 1.82 bits per heavy atom. The molecule has 0 saturated carbocycles. The van der Waals surface area contributed by atoms with Crippen LogP contribution in [0.5, 0.6) is 5.88 Å². The van der Waals surface area contributed by atoms with Gasteiger partial charge in [0, 0.05) is 5.56 Å². The maximum absolute atomic E-state index is 10.0. The fraction of sp³-hybridized carbons (Fsp3) is 0. The molecule has 0 aliphatic carbocycles. The Bertz CT molecular complexity index is 679. The molecule has 84 valence electrons. The molecule has 0 bridgehead atoms. The Hall–Kier alpha value is -2.07. The minimum Gasteiger partial charge on any atom is -0.492 e. The maximum atomic E-state index is 10.0. The third-order valence-corrected chi connectivity index (χ3v) is 2.67. The van der Waals surface area contributed by atoms with Gasteiger partial charge >= 0.3 is 0 Å². The minimum atomic E-state index is -0.00583. The van der Waals surface area contributed by atoms with Crippen molar-refractivity contribution < 1.29 is 5.11 Å².